The number of rotatable bonds is 8. The van der Waals surface area contributed by atoms with Gasteiger partial charge < -0.3 is 10.2 Å². The van der Waals surface area contributed by atoms with Crippen LogP contribution < -0.4 is 10.2 Å². The average molecular weight is 393 g/mol. The maximum atomic E-state index is 12.7. The van der Waals surface area contributed by atoms with Crippen molar-refractivity contribution in [2.24, 2.45) is 0 Å². The second kappa shape index (κ2) is 10.2. The normalized spacial score (nSPS) is 13.9. The molecule has 0 atom stereocenters. The summed E-state index contributed by atoms with van der Waals surface area (Å²) in [5, 5.41) is 3.03. The zero-order chi connectivity index (χ0) is 20.6. The minimum absolute atomic E-state index is 0.128. The largest absolute Gasteiger partial charge is 0.350 e. The van der Waals surface area contributed by atoms with Crippen molar-refractivity contribution in [3.8, 4) is 0 Å². The molecule has 3 rings (SSSR count). The quantitative estimate of drug-likeness (QED) is 0.654. The highest BCUT2D eigenvalue weighted by molar-refractivity contribution is 5.93. The number of nitrogens with one attached hydrogen (secondary N) is 1. The molecule has 0 radical (unpaired) electrons. The number of benzene rings is 1. The van der Waals surface area contributed by atoms with E-state index in [1.165, 1.54) is 30.4 Å². The number of allylic oxidation sites excluding steroid dienone is 1. The van der Waals surface area contributed by atoms with Crippen molar-refractivity contribution in [2.75, 3.05) is 11.4 Å². The minimum atomic E-state index is -0.128. The molecule has 0 spiro atoms. The van der Waals surface area contributed by atoms with E-state index in [0.29, 0.717) is 18.1 Å². The standard InChI is InChI=1S/C24H32N4O/c1-18(2)28(17-21-12-8-5-9-13-21)23-16-22(26-19(3)27-23)24(29)25-15-14-20-10-6-4-7-11-20/h5,8-10,12-13,16,18H,4,6-7,11,14-15,17H2,1-3H3,(H,25,29). The zero-order valence-electron chi connectivity index (χ0n) is 17.8. The predicted molar refractivity (Wildman–Crippen MR) is 118 cm³/mol. The molecule has 0 bridgehead atoms. The van der Waals surface area contributed by atoms with Crippen LogP contribution in [0.15, 0.2) is 48.0 Å². The molecule has 1 aromatic carbocycles. The molecule has 0 fully saturated rings. The molecular formula is C24H32N4O. The highest BCUT2D eigenvalue weighted by atomic mass is 16.1. The van der Waals surface area contributed by atoms with Crippen molar-refractivity contribution in [3.05, 3.63) is 65.1 Å². The molecule has 0 unspecified atom stereocenters. The van der Waals surface area contributed by atoms with Crippen LogP contribution in [0.3, 0.4) is 0 Å². The van der Waals surface area contributed by atoms with Gasteiger partial charge in [-0.2, -0.15) is 0 Å². The summed E-state index contributed by atoms with van der Waals surface area (Å²) in [6, 6.07) is 12.4. The van der Waals surface area contributed by atoms with Gasteiger partial charge >= 0.3 is 0 Å². The number of anilines is 1. The summed E-state index contributed by atoms with van der Waals surface area (Å²) in [6.45, 7) is 7.51. The molecule has 0 saturated heterocycles. The van der Waals surface area contributed by atoms with Gasteiger partial charge in [0.1, 0.15) is 17.3 Å². The molecule has 1 aliphatic carbocycles. The number of carbonyl (C=O) groups excluding carboxylic acids is 1. The molecule has 29 heavy (non-hydrogen) atoms. The van der Waals surface area contributed by atoms with E-state index >= 15 is 0 Å². The van der Waals surface area contributed by atoms with Gasteiger partial charge in [-0.3, -0.25) is 4.79 Å². The Bertz CT molecular complexity index is 845. The van der Waals surface area contributed by atoms with Crippen molar-refractivity contribution >= 4 is 11.7 Å². The first kappa shape index (κ1) is 21.0. The van der Waals surface area contributed by atoms with Crippen molar-refractivity contribution in [3.63, 3.8) is 0 Å². The van der Waals surface area contributed by atoms with E-state index < -0.39 is 0 Å². The van der Waals surface area contributed by atoms with Crippen LogP contribution in [0.4, 0.5) is 5.82 Å². The number of amides is 1. The molecule has 0 aliphatic heterocycles. The third-order valence-corrected chi connectivity index (χ3v) is 5.29. The molecule has 1 amide bonds. The van der Waals surface area contributed by atoms with Crippen LogP contribution in [0.25, 0.3) is 0 Å². The second-order valence-electron chi connectivity index (χ2n) is 7.98. The van der Waals surface area contributed by atoms with Crippen molar-refractivity contribution < 1.29 is 4.79 Å². The number of nitrogens with zero attached hydrogens (tertiary/aromatic N) is 3. The van der Waals surface area contributed by atoms with Gasteiger partial charge in [-0.05, 0) is 58.4 Å². The van der Waals surface area contributed by atoms with E-state index in [0.717, 1.165) is 25.2 Å². The summed E-state index contributed by atoms with van der Waals surface area (Å²) in [5.41, 5.74) is 3.11. The topological polar surface area (TPSA) is 58.1 Å². The Morgan fingerprint density at radius 2 is 1.97 bits per heavy atom. The Morgan fingerprint density at radius 1 is 1.17 bits per heavy atom. The van der Waals surface area contributed by atoms with E-state index in [4.69, 9.17) is 0 Å². The summed E-state index contributed by atoms with van der Waals surface area (Å²) in [5.74, 6) is 1.27. The molecule has 1 aromatic heterocycles. The SMILES string of the molecule is Cc1nc(C(=O)NCCC2=CCCCC2)cc(N(Cc2ccccc2)C(C)C)n1. The molecular weight excluding hydrogens is 360 g/mol. The minimum Gasteiger partial charge on any atom is -0.350 e. The Hall–Kier alpha value is -2.69. The lowest BCUT2D eigenvalue weighted by Crippen LogP contribution is -2.32. The molecule has 1 N–H and O–H groups in total. The van der Waals surface area contributed by atoms with Gasteiger partial charge in [0.25, 0.3) is 5.91 Å². The summed E-state index contributed by atoms with van der Waals surface area (Å²) in [7, 11) is 0. The molecule has 5 heteroatoms. The lowest BCUT2D eigenvalue weighted by atomic mass is 9.97. The molecule has 5 nitrogen and oxygen atoms in total. The van der Waals surface area contributed by atoms with Gasteiger partial charge in [-0.1, -0.05) is 42.0 Å². The van der Waals surface area contributed by atoms with Crippen LogP contribution in [-0.2, 0) is 6.54 Å². The zero-order valence-corrected chi connectivity index (χ0v) is 17.8. The van der Waals surface area contributed by atoms with Crippen molar-refractivity contribution in [2.45, 2.75) is 65.5 Å². The van der Waals surface area contributed by atoms with E-state index in [9.17, 15) is 4.79 Å². The Labute approximate surface area is 174 Å². The van der Waals surface area contributed by atoms with Gasteiger partial charge in [0.15, 0.2) is 0 Å². The van der Waals surface area contributed by atoms with Crippen molar-refractivity contribution in [1.82, 2.24) is 15.3 Å². The van der Waals surface area contributed by atoms with Crippen LogP contribution in [0.1, 0.15) is 67.8 Å². The first-order valence-electron chi connectivity index (χ1n) is 10.7. The Kier molecular flexibility index (Phi) is 7.39. The van der Waals surface area contributed by atoms with Crippen LogP contribution in [0, 0.1) is 6.92 Å². The summed E-state index contributed by atoms with van der Waals surface area (Å²) in [4.78, 5) is 23.9. The van der Waals surface area contributed by atoms with Crippen LogP contribution in [0.2, 0.25) is 0 Å². The number of hydrogen-bond acceptors (Lipinski definition) is 4. The fourth-order valence-corrected chi connectivity index (χ4v) is 3.68. The smallest absolute Gasteiger partial charge is 0.270 e. The second-order valence-corrected chi connectivity index (χ2v) is 7.98. The molecule has 154 valence electrons. The van der Waals surface area contributed by atoms with E-state index in [2.05, 4.69) is 52.2 Å². The lowest BCUT2D eigenvalue weighted by Gasteiger charge is -2.28. The summed E-state index contributed by atoms with van der Waals surface area (Å²) in [6.07, 6.45) is 8.13. The molecule has 1 heterocycles. The fourth-order valence-electron chi connectivity index (χ4n) is 3.68. The number of aryl methyl sites for hydroxylation is 1. The number of carbonyl (C=O) groups is 1. The van der Waals surface area contributed by atoms with Crippen LogP contribution >= 0.6 is 0 Å². The maximum Gasteiger partial charge on any atom is 0.270 e. The van der Waals surface area contributed by atoms with Gasteiger partial charge in [-0.25, -0.2) is 9.97 Å². The first-order valence-corrected chi connectivity index (χ1v) is 10.7. The molecule has 1 aliphatic rings. The molecule has 2 aromatic rings. The van der Waals surface area contributed by atoms with Gasteiger partial charge in [0, 0.05) is 25.2 Å². The Balaban J connectivity index is 1.70. The Morgan fingerprint density at radius 3 is 2.66 bits per heavy atom. The van der Waals surface area contributed by atoms with E-state index in [1.807, 2.05) is 31.2 Å². The third-order valence-electron chi connectivity index (χ3n) is 5.29. The van der Waals surface area contributed by atoms with Gasteiger partial charge in [0.05, 0.1) is 0 Å². The lowest BCUT2D eigenvalue weighted by molar-refractivity contribution is 0.0948. The fraction of sp³-hybridized carbons (Fsp3) is 0.458. The monoisotopic (exact) mass is 392 g/mol. The maximum absolute atomic E-state index is 12.7. The predicted octanol–water partition coefficient (Wildman–Crippen LogP) is 4.82. The molecule has 0 saturated carbocycles. The summed E-state index contributed by atoms with van der Waals surface area (Å²) >= 11 is 0. The number of hydrogen-bond donors (Lipinski definition) is 1. The van der Waals surface area contributed by atoms with Gasteiger partial charge in [-0.15, -0.1) is 0 Å². The van der Waals surface area contributed by atoms with Crippen LogP contribution in [0.5, 0.6) is 0 Å². The highest BCUT2D eigenvalue weighted by Crippen LogP contribution is 2.20. The first-order chi connectivity index (χ1) is 14.0. The average Bonchev–Trinajstić information content (AvgIpc) is 2.73. The third kappa shape index (κ3) is 6.14. The van der Waals surface area contributed by atoms with E-state index in [1.54, 1.807) is 0 Å². The van der Waals surface area contributed by atoms with Crippen LogP contribution in [-0.4, -0.2) is 28.5 Å². The number of aromatic nitrogens is 2. The summed E-state index contributed by atoms with van der Waals surface area (Å²) < 4.78 is 0. The van der Waals surface area contributed by atoms with Gasteiger partial charge in [0.2, 0.25) is 0 Å². The van der Waals surface area contributed by atoms with Crippen molar-refractivity contribution in [1.29, 1.82) is 0 Å². The van der Waals surface area contributed by atoms with E-state index in [-0.39, 0.29) is 11.9 Å². The highest BCUT2D eigenvalue weighted by Gasteiger charge is 2.17.